The molecule has 3 N–H and O–H groups in total. The molecule has 0 bridgehead atoms. The lowest BCUT2D eigenvalue weighted by Crippen LogP contribution is -2.65. The second-order valence-corrected chi connectivity index (χ2v) is 8.07. The molecule has 30 heavy (non-hydrogen) atoms. The highest BCUT2D eigenvalue weighted by molar-refractivity contribution is 6.01. The number of carbonyl (C=O) groups excluding carboxylic acids is 2. The Morgan fingerprint density at radius 3 is 2.87 bits per heavy atom. The van der Waals surface area contributed by atoms with Gasteiger partial charge in [-0.15, -0.1) is 0 Å². The van der Waals surface area contributed by atoms with E-state index in [1.165, 1.54) is 0 Å². The molecule has 4 atom stereocenters. The quantitative estimate of drug-likeness (QED) is 0.568. The van der Waals surface area contributed by atoms with E-state index in [9.17, 15) is 9.59 Å². The van der Waals surface area contributed by atoms with E-state index in [0.29, 0.717) is 6.42 Å². The summed E-state index contributed by atoms with van der Waals surface area (Å²) < 4.78 is 2.09. The summed E-state index contributed by atoms with van der Waals surface area (Å²) in [5.74, 6) is 1.36. The summed E-state index contributed by atoms with van der Waals surface area (Å²) in [5, 5.41) is 5.88. The number of para-hydroxylation sites is 2. The van der Waals surface area contributed by atoms with Gasteiger partial charge in [0.15, 0.2) is 17.9 Å². The number of nitrogens with zero attached hydrogens (tertiary/aromatic N) is 3. The summed E-state index contributed by atoms with van der Waals surface area (Å²) >= 11 is 0. The number of imidazole rings is 1. The maximum atomic E-state index is 13.6. The van der Waals surface area contributed by atoms with Crippen molar-refractivity contribution >= 4 is 28.7 Å². The Labute approximate surface area is 174 Å². The van der Waals surface area contributed by atoms with Crippen molar-refractivity contribution in [3.63, 3.8) is 0 Å². The molecule has 0 fully saturated rings. The van der Waals surface area contributed by atoms with Crippen molar-refractivity contribution < 1.29 is 14.2 Å². The van der Waals surface area contributed by atoms with Crippen LogP contribution in [-0.4, -0.2) is 40.9 Å². The molecule has 5 rings (SSSR count). The van der Waals surface area contributed by atoms with E-state index >= 15 is 0 Å². The van der Waals surface area contributed by atoms with Crippen LogP contribution in [0, 0.1) is 0 Å². The van der Waals surface area contributed by atoms with Crippen LogP contribution in [0.3, 0.4) is 0 Å². The second-order valence-electron chi connectivity index (χ2n) is 8.07. The molecular weight excluding hydrogens is 380 g/mol. The average molecular weight is 405 g/mol. The van der Waals surface area contributed by atoms with Crippen molar-refractivity contribution in [1.82, 2.24) is 20.6 Å². The molecule has 1 aromatic carbocycles. The molecule has 1 unspecified atom stereocenters. The molecule has 4 heterocycles. The molecule has 0 saturated heterocycles. The van der Waals surface area contributed by atoms with Crippen molar-refractivity contribution in [1.29, 1.82) is 0 Å². The Kier molecular flexibility index (Phi) is 4.32. The minimum atomic E-state index is -0.647. The molecule has 154 valence electrons. The van der Waals surface area contributed by atoms with Gasteiger partial charge in [-0.05, 0) is 45.2 Å². The first-order chi connectivity index (χ1) is 14.5. The fourth-order valence-corrected chi connectivity index (χ4v) is 4.49. The van der Waals surface area contributed by atoms with Crippen LogP contribution >= 0.6 is 0 Å². The number of anilines is 1. The van der Waals surface area contributed by atoms with Crippen molar-refractivity contribution in [2.75, 3.05) is 11.9 Å². The highest BCUT2D eigenvalue weighted by atomic mass is 16.2. The van der Waals surface area contributed by atoms with Crippen molar-refractivity contribution in [2.45, 2.75) is 44.4 Å². The molecule has 8 nitrogen and oxygen atoms in total. The van der Waals surface area contributed by atoms with E-state index in [1.54, 1.807) is 14.0 Å². The number of amides is 2. The molecule has 2 amide bonds. The zero-order chi connectivity index (χ0) is 21.0. The number of nitrogens with one attached hydrogen (secondary N) is 3. The minimum absolute atomic E-state index is 0.102. The second kappa shape index (κ2) is 6.91. The van der Waals surface area contributed by atoms with E-state index in [1.807, 2.05) is 48.4 Å². The number of hydrogen-bond donors (Lipinski definition) is 3. The van der Waals surface area contributed by atoms with Gasteiger partial charge in [0.25, 0.3) is 5.82 Å². The third kappa shape index (κ3) is 2.71. The molecule has 2 aromatic heterocycles. The summed E-state index contributed by atoms with van der Waals surface area (Å²) in [6.07, 6.45) is 2.66. The Morgan fingerprint density at radius 1 is 1.30 bits per heavy atom. The number of carbonyl (C=O) groups is 2. The average Bonchev–Trinajstić information content (AvgIpc) is 3.36. The maximum absolute atomic E-state index is 13.6. The summed E-state index contributed by atoms with van der Waals surface area (Å²) in [6, 6.07) is 10.5. The first kappa shape index (κ1) is 18.7. The number of aromatic nitrogens is 3. The van der Waals surface area contributed by atoms with Gasteiger partial charge in [-0.1, -0.05) is 12.1 Å². The SMILES string of the molecule is CN[C@@H](C)C(=O)N[C@@H]1C(=O)N2c3c(ccc[n+]3C1C)C[C@H]2c1nc2ccccc2[nH]1. The van der Waals surface area contributed by atoms with Crippen LogP contribution in [0.4, 0.5) is 5.82 Å². The van der Waals surface area contributed by atoms with Crippen molar-refractivity contribution in [3.05, 3.63) is 54.0 Å². The third-order valence-electron chi connectivity index (χ3n) is 6.30. The van der Waals surface area contributed by atoms with Gasteiger partial charge in [0.05, 0.1) is 23.3 Å². The standard InChI is InChI=1S/C22H24N6O2/c1-12(23-3)20(29)26-18-13(2)27-10-6-7-14-11-17(28(21(14)27)22(18)30)19-24-15-8-4-5-9-16(15)25-19/h4-10,12-13,17-18,23H,11H2,1-3H3,(H-,24,25,26,29)/p+1/t12-,13?,17-,18-/m0/s1. The van der Waals surface area contributed by atoms with Gasteiger partial charge in [-0.2, -0.15) is 4.90 Å². The van der Waals surface area contributed by atoms with E-state index in [0.717, 1.165) is 28.2 Å². The van der Waals surface area contributed by atoms with Crippen LogP contribution in [0.5, 0.6) is 0 Å². The number of likely N-dealkylation sites (N-methyl/N-ethyl adjacent to an activating group) is 1. The topological polar surface area (TPSA) is 94.0 Å². The van der Waals surface area contributed by atoms with Gasteiger partial charge in [-0.3, -0.25) is 4.79 Å². The summed E-state index contributed by atoms with van der Waals surface area (Å²) in [4.78, 5) is 36.1. The predicted molar refractivity (Wildman–Crippen MR) is 112 cm³/mol. The fraction of sp³-hybridized carbons (Fsp3) is 0.364. The summed E-state index contributed by atoms with van der Waals surface area (Å²) in [6.45, 7) is 3.75. The van der Waals surface area contributed by atoms with E-state index in [4.69, 9.17) is 4.98 Å². The number of pyridine rings is 1. The number of benzene rings is 1. The Balaban J connectivity index is 1.57. The maximum Gasteiger partial charge on any atom is 0.337 e. The Hall–Kier alpha value is -3.26. The van der Waals surface area contributed by atoms with Crippen LogP contribution in [-0.2, 0) is 16.0 Å². The van der Waals surface area contributed by atoms with Gasteiger partial charge in [0.2, 0.25) is 5.91 Å². The molecule has 2 aliphatic heterocycles. The number of rotatable bonds is 4. The zero-order valence-electron chi connectivity index (χ0n) is 17.2. The number of aromatic amines is 1. The molecule has 0 saturated carbocycles. The molecular formula is C22H25N6O2+. The smallest absolute Gasteiger partial charge is 0.337 e. The zero-order valence-corrected chi connectivity index (χ0v) is 17.2. The van der Waals surface area contributed by atoms with Crippen LogP contribution in [0.25, 0.3) is 11.0 Å². The lowest BCUT2D eigenvalue weighted by molar-refractivity contribution is -0.711. The Bertz CT molecular complexity index is 1120. The van der Waals surface area contributed by atoms with Crippen LogP contribution in [0.15, 0.2) is 42.6 Å². The first-order valence-corrected chi connectivity index (χ1v) is 10.3. The van der Waals surface area contributed by atoms with Gasteiger partial charge in [0.1, 0.15) is 6.04 Å². The number of fused-ring (bicyclic) bond motifs is 1. The summed E-state index contributed by atoms with van der Waals surface area (Å²) in [5.41, 5.74) is 2.93. The molecule has 8 heteroatoms. The van der Waals surface area contributed by atoms with Crippen LogP contribution in [0.1, 0.15) is 37.3 Å². The van der Waals surface area contributed by atoms with Crippen molar-refractivity contribution in [3.8, 4) is 0 Å². The molecule has 0 aliphatic carbocycles. The number of hydrogen-bond acceptors (Lipinski definition) is 4. The predicted octanol–water partition coefficient (Wildman–Crippen LogP) is 1.15. The van der Waals surface area contributed by atoms with E-state index < -0.39 is 6.04 Å². The highest BCUT2D eigenvalue weighted by Gasteiger charge is 2.54. The van der Waals surface area contributed by atoms with Crippen molar-refractivity contribution in [2.24, 2.45) is 0 Å². The van der Waals surface area contributed by atoms with E-state index in [-0.39, 0.29) is 29.9 Å². The van der Waals surface area contributed by atoms with Crippen LogP contribution < -0.4 is 20.1 Å². The molecule has 3 aromatic rings. The molecule has 0 spiro atoms. The molecule has 0 radical (unpaired) electrons. The Morgan fingerprint density at radius 2 is 2.10 bits per heavy atom. The van der Waals surface area contributed by atoms with Gasteiger partial charge >= 0.3 is 5.91 Å². The lowest BCUT2D eigenvalue weighted by atomic mass is 10.0. The monoisotopic (exact) mass is 405 g/mol. The van der Waals surface area contributed by atoms with Crippen LogP contribution in [0.2, 0.25) is 0 Å². The first-order valence-electron chi connectivity index (χ1n) is 10.3. The highest BCUT2D eigenvalue weighted by Crippen LogP contribution is 2.41. The lowest BCUT2D eigenvalue weighted by Gasteiger charge is -2.32. The van der Waals surface area contributed by atoms with Gasteiger partial charge < -0.3 is 15.6 Å². The summed E-state index contributed by atoms with van der Waals surface area (Å²) in [7, 11) is 1.73. The molecule has 2 aliphatic rings. The normalized spacial score (nSPS) is 23.5. The van der Waals surface area contributed by atoms with Gasteiger partial charge in [-0.25, -0.2) is 14.3 Å². The largest absolute Gasteiger partial charge is 0.338 e. The minimum Gasteiger partial charge on any atom is -0.338 e. The fourth-order valence-electron chi connectivity index (χ4n) is 4.49. The number of H-pyrrole nitrogens is 1. The van der Waals surface area contributed by atoms with E-state index in [2.05, 4.69) is 26.3 Å². The third-order valence-corrected chi connectivity index (χ3v) is 6.30. The van der Waals surface area contributed by atoms with Gasteiger partial charge in [0, 0.05) is 12.0 Å².